The smallest absolute Gasteiger partial charge is 0.123 e. The molecule has 0 unspecified atom stereocenters. The van der Waals surface area contributed by atoms with Gasteiger partial charge in [-0.1, -0.05) is 44.2 Å². The molecule has 0 saturated carbocycles. The van der Waals surface area contributed by atoms with Gasteiger partial charge >= 0.3 is 0 Å². The quantitative estimate of drug-likeness (QED) is 0.594. The van der Waals surface area contributed by atoms with Crippen LogP contribution in [0.15, 0.2) is 40.9 Å². The van der Waals surface area contributed by atoms with Crippen LogP contribution in [0.3, 0.4) is 0 Å². The molecule has 0 bridgehead atoms. The first kappa shape index (κ1) is 16.8. The zero-order valence-corrected chi connectivity index (χ0v) is 14.6. The zero-order chi connectivity index (χ0) is 16.1. The van der Waals surface area contributed by atoms with Crippen LogP contribution in [0.2, 0.25) is 0 Å². The molecule has 0 aliphatic rings. The van der Waals surface area contributed by atoms with Crippen molar-refractivity contribution in [1.82, 2.24) is 0 Å². The second-order valence-corrected chi connectivity index (χ2v) is 6.45. The van der Waals surface area contributed by atoms with Crippen LogP contribution in [-0.4, -0.2) is 11.7 Å². The predicted molar refractivity (Wildman–Crippen MR) is 95.3 cm³/mol. The number of rotatable bonds is 6. The minimum absolute atomic E-state index is 0.0607. The highest BCUT2D eigenvalue weighted by Crippen LogP contribution is 2.38. The molecule has 0 spiro atoms. The average Bonchev–Trinajstić information content (AvgIpc) is 2.53. The van der Waals surface area contributed by atoms with Gasteiger partial charge in [0.1, 0.15) is 5.69 Å². The largest absolute Gasteiger partial charge is 0.392 e. The van der Waals surface area contributed by atoms with E-state index in [9.17, 15) is 0 Å². The number of quaternary nitrogens is 1. The van der Waals surface area contributed by atoms with Gasteiger partial charge in [-0.2, -0.15) is 0 Å². The van der Waals surface area contributed by atoms with Gasteiger partial charge in [-0.3, -0.25) is 5.84 Å². The molecule has 6 N–H and O–H groups in total. The van der Waals surface area contributed by atoms with E-state index in [0.29, 0.717) is 5.92 Å². The Hall–Kier alpha value is -1.56. The fourth-order valence-electron chi connectivity index (χ4n) is 2.22. The maximum Gasteiger partial charge on any atom is 0.123 e. The first-order chi connectivity index (χ1) is 10.6. The number of anilines is 2. The van der Waals surface area contributed by atoms with Gasteiger partial charge in [0.2, 0.25) is 0 Å². The molecule has 0 radical (unpaired) electrons. The van der Waals surface area contributed by atoms with Gasteiger partial charge < -0.3 is 10.4 Å². The molecule has 0 heterocycles. The van der Waals surface area contributed by atoms with E-state index in [1.807, 2.05) is 24.3 Å². The Morgan fingerprint density at radius 1 is 1.14 bits per heavy atom. The third-order valence-electron chi connectivity index (χ3n) is 3.47. The molecule has 0 aliphatic heterocycles. The first-order valence-corrected chi connectivity index (χ1v) is 8.15. The van der Waals surface area contributed by atoms with E-state index in [4.69, 9.17) is 5.11 Å². The summed E-state index contributed by atoms with van der Waals surface area (Å²) < 4.78 is 0.980. The minimum Gasteiger partial charge on any atom is -0.392 e. The molecule has 22 heavy (non-hydrogen) atoms. The lowest BCUT2D eigenvalue weighted by Crippen LogP contribution is -2.56. The molecule has 0 aromatic heterocycles. The average molecular weight is 365 g/mol. The van der Waals surface area contributed by atoms with E-state index in [-0.39, 0.29) is 6.61 Å². The Balaban J connectivity index is 2.36. The number of hydrogen-bond donors (Lipinski definition) is 4. The molecule has 2 aromatic carbocycles. The molecule has 0 saturated heterocycles. The van der Waals surface area contributed by atoms with Crippen LogP contribution in [0.5, 0.6) is 0 Å². The molecule has 4 nitrogen and oxygen atoms in total. The van der Waals surface area contributed by atoms with Crippen molar-refractivity contribution in [1.29, 1.82) is 0 Å². The summed E-state index contributed by atoms with van der Waals surface area (Å²) in [7, 11) is 0. The summed E-state index contributed by atoms with van der Waals surface area (Å²) in [5.41, 5.74) is 8.09. The molecule has 118 valence electrons. The normalized spacial score (nSPS) is 10.8. The van der Waals surface area contributed by atoms with Crippen molar-refractivity contribution in [3.05, 3.63) is 46.4 Å². The predicted octanol–water partition coefficient (Wildman–Crippen LogP) is 3.25. The van der Waals surface area contributed by atoms with E-state index in [0.717, 1.165) is 39.1 Å². The maximum atomic E-state index is 9.14. The summed E-state index contributed by atoms with van der Waals surface area (Å²) in [5, 5.41) is 12.6. The highest BCUT2D eigenvalue weighted by molar-refractivity contribution is 9.10. The van der Waals surface area contributed by atoms with Crippen LogP contribution >= 0.6 is 15.9 Å². The van der Waals surface area contributed by atoms with Gasteiger partial charge in [0.05, 0.1) is 16.8 Å². The van der Waals surface area contributed by atoms with Crippen LogP contribution < -0.4 is 16.6 Å². The Morgan fingerprint density at radius 3 is 2.36 bits per heavy atom. The van der Waals surface area contributed by atoms with E-state index >= 15 is 0 Å². The molecular weight excluding hydrogens is 342 g/mol. The van der Waals surface area contributed by atoms with Crippen molar-refractivity contribution in [3.8, 4) is 11.1 Å². The highest BCUT2D eigenvalue weighted by Gasteiger charge is 2.13. The molecule has 0 aliphatic carbocycles. The Morgan fingerprint density at radius 2 is 1.82 bits per heavy atom. The summed E-state index contributed by atoms with van der Waals surface area (Å²) in [5.74, 6) is 4.39. The molecular formula is C17H23BrN3O+. The molecule has 0 fully saturated rings. The maximum absolute atomic E-state index is 9.14. The van der Waals surface area contributed by atoms with Crippen molar-refractivity contribution < 1.29 is 10.9 Å². The fraction of sp³-hybridized carbons (Fsp3) is 0.294. The van der Waals surface area contributed by atoms with Crippen molar-refractivity contribution in [2.24, 2.45) is 5.92 Å². The van der Waals surface area contributed by atoms with Crippen LogP contribution in [0.1, 0.15) is 19.4 Å². The van der Waals surface area contributed by atoms with E-state index in [1.54, 1.807) is 0 Å². The molecule has 0 atom stereocenters. The van der Waals surface area contributed by atoms with E-state index in [1.165, 1.54) is 0 Å². The lowest BCUT2D eigenvalue weighted by atomic mass is 10.0. The summed E-state index contributed by atoms with van der Waals surface area (Å²) in [4.78, 5) is 0. The van der Waals surface area contributed by atoms with Crippen LogP contribution in [-0.2, 0) is 6.61 Å². The van der Waals surface area contributed by atoms with Crippen molar-refractivity contribution in [2.45, 2.75) is 20.5 Å². The van der Waals surface area contributed by atoms with Crippen LogP contribution in [0, 0.1) is 5.92 Å². The Kier molecular flexibility index (Phi) is 5.83. The standard InChI is InChI=1S/C17H22BrN3O/c1-11(2)9-20-15-8-7-14(16(18)17(15)21-19)13-5-3-12(10-22)4-6-13/h3-8,11,20-22H,9-10,19H2,1-2H3/p+1. The molecule has 0 amide bonds. The lowest BCUT2D eigenvalue weighted by Gasteiger charge is -2.16. The highest BCUT2D eigenvalue weighted by atomic mass is 79.9. The number of hydrogen-bond acceptors (Lipinski definition) is 3. The molecule has 2 aromatic rings. The van der Waals surface area contributed by atoms with Gasteiger partial charge in [0, 0.05) is 6.54 Å². The second-order valence-electron chi connectivity index (χ2n) is 5.66. The van der Waals surface area contributed by atoms with Gasteiger partial charge in [-0.25, -0.2) is 5.43 Å². The lowest BCUT2D eigenvalue weighted by molar-refractivity contribution is -0.325. The van der Waals surface area contributed by atoms with Crippen LogP contribution in [0.25, 0.3) is 11.1 Å². The minimum atomic E-state index is 0.0607. The van der Waals surface area contributed by atoms with Gasteiger partial charge in [-0.15, -0.1) is 0 Å². The second kappa shape index (κ2) is 7.63. The summed E-state index contributed by atoms with van der Waals surface area (Å²) in [6.07, 6.45) is 0. The topological polar surface area (TPSA) is 71.9 Å². The zero-order valence-electron chi connectivity index (χ0n) is 13.0. The Labute approximate surface area is 139 Å². The third-order valence-corrected chi connectivity index (χ3v) is 4.29. The Bertz CT molecular complexity index is 627. The van der Waals surface area contributed by atoms with Gasteiger partial charge in [0.15, 0.2) is 0 Å². The van der Waals surface area contributed by atoms with Gasteiger partial charge in [0.25, 0.3) is 0 Å². The number of halogens is 1. The molecule has 5 heteroatoms. The first-order valence-electron chi connectivity index (χ1n) is 7.36. The van der Waals surface area contributed by atoms with Crippen molar-refractivity contribution >= 4 is 27.3 Å². The fourth-order valence-corrected chi connectivity index (χ4v) is 2.94. The third kappa shape index (κ3) is 3.80. The number of aliphatic hydroxyl groups is 1. The molecule has 2 rings (SSSR count). The van der Waals surface area contributed by atoms with E-state index in [2.05, 4.69) is 58.5 Å². The number of aliphatic hydroxyl groups excluding tert-OH is 1. The summed E-state index contributed by atoms with van der Waals surface area (Å²) >= 11 is 3.68. The van der Waals surface area contributed by atoms with Crippen molar-refractivity contribution in [2.75, 3.05) is 17.3 Å². The monoisotopic (exact) mass is 364 g/mol. The number of nitrogens with one attached hydrogen (secondary N) is 2. The van der Waals surface area contributed by atoms with Crippen LogP contribution in [0.4, 0.5) is 11.4 Å². The number of benzene rings is 2. The SMILES string of the molecule is CC(C)CNc1ccc(-c2ccc(CO)cc2)c(Br)c1N[NH3+]. The van der Waals surface area contributed by atoms with E-state index < -0.39 is 0 Å². The van der Waals surface area contributed by atoms with Gasteiger partial charge in [-0.05, 0) is 44.6 Å². The van der Waals surface area contributed by atoms with Crippen molar-refractivity contribution in [3.63, 3.8) is 0 Å². The summed E-state index contributed by atoms with van der Waals surface area (Å²) in [6.45, 7) is 5.32. The summed E-state index contributed by atoms with van der Waals surface area (Å²) in [6, 6.07) is 12.0.